The monoisotopic (exact) mass is 218 g/mol. The van der Waals surface area contributed by atoms with E-state index < -0.39 is 0 Å². The third kappa shape index (κ3) is 2.22. The summed E-state index contributed by atoms with van der Waals surface area (Å²) in [5.41, 5.74) is 8.41. The molecule has 0 bridgehead atoms. The van der Waals surface area contributed by atoms with Crippen molar-refractivity contribution in [2.45, 2.75) is 39.3 Å². The molecule has 2 atom stereocenters. The van der Waals surface area contributed by atoms with E-state index in [4.69, 9.17) is 5.73 Å². The van der Waals surface area contributed by atoms with Crippen molar-refractivity contribution >= 4 is 5.69 Å². The van der Waals surface area contributed by atoms with E-state index in [1.807, 2.05) is 0 Å². The maximum atomic E-state index is 5.81. The number of hydrogen-bond donors (Lipinski definition) is 1. The number of para-hydroxylation sites is 1. The van der Waals surface area contributed by atoms with Crippen LogP contribution in [0.1, 0.15) is 32.3 Å². The Morgan fingerprint density at radius 3 is 2.75 bits per heavy atom. The van der Waals surface area contributed by atoms with Gasteiger partial charge in [0.15, 0.2) is 0 Å². The zero-order chi connectivity index (χ0) is 11.5. The van der Waals surface area contributed by atoms with Gasteiger partial charge in [-0.2, -0.15) is 0 Å². The lowest BCUT2D eigenvalue weighted by Gasteiger charge is -2.39. The highest BCUT2D eigenvalue weighted by Crippen LogP contribution is 2.29. The van der Waals surface area contributed by atoms with E-state index in [9.17, 15) is 0 Å². The van der Waals surface area contributed by atoms with Crippen molar-refractivity contribution in [1.82, 2.24) is 0 Å². The summed E-state index contributed by atoms with van der Waals surface area (Å²) in [6, 6.07) is 9.17. The largest absolute Gasteiger partial charge is 0.368 e. The summed E-state index contributed by atoms with van der Waals surface area (Å²) in [5.74, 6) is 0.794. The van der Waals surface area contributed by atoms with Crippen molar-refractivity contribution < 1.29 is 0 Å². The molecule has 0 amide bonds. The highest BCUT2D eigenvalue weighted by Gasteiger charge is 2.24. The fourth-order valence-electron chi connectivity index (χ4n) is 2.59. The fourth-order valence-corrected chi connectivity index (χ4v) is 2.59. The molecule has 1 aromatic carbocycles. The van der Waals surface area contributed by atoms with Crippen LogP contribution in [0.3, 0.4) is 0 Å². The van der Waals surface area contributed by atoms with Crippen LogP contribution < -0.4 is 10.6 Å². The number of nitrogens with two attached hydrogens (primary N) is 1. The molecule has 1 aliphatic rings. The SMILES string of the molecule is CC1CCC(C)N(c2ccccc2CN)C1. The fraction of sp³-hybridized carbons (Fsp3) is 0.571. The van der Waals surface area contributed by atoms with Gasteiger partial charge in [0.1, 0.15) is 0 Å². The summed E-state index contributed by atoms with van der Waals surface area (Å²) in [4.78, 5) is 2.52. The first-order valence-electron chi connectivity index (χ1n) is 6.27. The van der Waals surface area contributed by atoms with Gasteiger partial charge >= 0.3 is 0 Å². The number of hydrogen-bond acceptors (Lipinski definition) is 2. The van der Waals surface area contributed by atoms with Gasteiger partial charge < -0.3 is 10.6 Å². The van der Waals surface area contributed by atoms with Crippen LogP contribution >= 0.6 is 0 Å². The Labute approximate surface area is 98.4 Å². The van der Waals surface area contributed by atoms with Crippen LogP contribution in [0, 0.1) is 5.92 Å². The standard InChI is InChI=1S/C14H22N2/c1-11-7-8-12(2)16(10-11)14-6-4-3-5-13(14)9-15/h3-6,11-12H,7-10,15H2,1-2H3. The molecule has 2 nitrogen and oxygen atoms in total. The van der Waals surface area contributed by atoms with Gasteiger partial charge in [-0.1, -0.05) is 25.1 Å². The van der Waals surface area contributed by atoms with Crippen LogP contribution in [0.4, 0.5) is 5.69 Å². The Balaban J connectivity index is 2.27. The molecule has 88 valence electrons. The number of anilines is 1. The van der Waals surface area contributed by atoms with E-state index in [2.05, 4.69) is 43.0 Å². The van der Waals surface area contributed by atoms with Crippen molar-refractivity contribution in [2.75, 3.05) is 11.4 Å². The molecule has 0 aliphatic carbocycles. The molecule has 2 rings (SSSR count). The van der Waals surface area contributed by atoms with Crippen molar-refractivity contribution in [3.05, 3.63) is 29.8 Å². The molecule has 2 unspecified atom stereocenters. The minimum absolute atomic E-state index is 0.633. The van der Waals surface area contributed by atoms with Crippen LogP contribution in [0.2, 0.25) is 0 Å². The maximum Gasteiger partial charge on any atom is 0.0414 e. The predicted molar refractivity (Wildman–Crippen MR) is 69.5 cm³/mol. The molecule has 2 heteroatoms. The molecular weight excluding hydrogens is 196 g/mol. The number of piperidine rings is 1. The number of benzene rings is 1. The van der Waals surface area contributed by atoms with Crippen molar-refractivity contribution in [2.24, 2.45) is 11.7 Å². The van der Waals surface area contributed by atoms with Crippen LogP contribution in [-0.2, 0) is 6.54 Å². The summed E-state index contributed by atoms with van der Waals surface area (Å²) in [6.45, 7) is 6.45. The average Bonchev–Trinajstić information content (AvgIpc) is 2.32. The topological polar surface area (TPSA) is 29.3 Å². The third-order valence-corrected chi connectivity index (χ3v) is 3.64. The van der Waals surface area contributed by atoms with Gasteiger partial charge in [-0.15, -0.1) is 0 Å². The molecule has 0 radical (unpaired) electrons. The lowest BCUT2D eigenvalue weighted by atomic mass is 9.94. The van der Waals surface area contributed by atoms with Crippen LogP contribution in [0.5, 0.6) is 0 Å². The minimum Gasteiger partial charge on any atom is -0.368 e. The third-order valence-electron chi connectivity index (χ3n) is 3.64. The Bertz CT molecular complexity index is 348. The number of rotatable bonds is 2. The van der Waals surface area contributed by atoms with Gasteiger partial charge in [0.25, 0.3) is 0 Å². The molecule has 0 aromatic heterocycles. The van der Waals surface area contributed by atoms with Gasteiger partial charge in [0, 0.05) is 24.8 Å². The Kier molecular flexibility index (Phi) is 3.49. The first kappa shape index (κ1) is 11.5. The summed E-state index contributed by atoms with van der Waals surface area (Å²) >= 11 is 0. The molecule has 1 saturated heterocycles. The first-order chi connectivity index (χ1) is 7.72. The Hall–Kier alpha value is -1.02. The van der Waals surface area contributed by atoms with Gasteiger partial charge in [-0.3, -0.25) is 0 Å². The van der Waals surface area contributed by atoms with Gasteiger partial charge in [-0.05, 0) is 37.3 Å². The van der Waals surface area contributed by atoms with Crippen molar-refractivity contribution in [3.63, 3.8) is 0 Å². The molecule has 2 N–H and O–H groups in total. The second-order valence-electron chi connectivity index (χ2n) is 5.02. The van der Waals surface area contributed by atoms with E-state index in [-0.39, 0.29) is 0 Å². The first-order valence-corrected chi connectivity index (χ1v) is 6.27. The molecule has 1 fully saturated rings. The average molecular weight is 218 g/mol. The van der Waals surface area contributed by atoms with E-state index >= 15 is 0 Å². The second-order valence-corrected chi connectivity index (χ2v) is 5.02. The Morgan fingerprint density at radius 1 is 1.25 bits per heavy atom. The van der Waals surface area contributed by atoms with E-state index in [1.165, 1.54) is 24.1 Å². The maximum absolute atomic E-state index is 5.81. The van der Waals surface area contributed by atoms with Crippen LogP contribution in [0.25, 0.3) is 0 Å². The quantitative estimate of drug-likeness (QED) is 0.827. The van der Waals surface area contributed by atoms with E-state index in [0.29, 0.717) is 12.6 Å². The second kappa shape index (κ2) is 4.88. The molecular formula is C14H22N2. The lowest BCUT2D eigenvalue weighted by molar-refractivity contribution is 0.390. The summed E-state index contributed by atoms with van der Waals surface area (Å²) in [6.07, 6.45) is 2.64. The summed E-state index contributed by atoms with van der Waals surface area (Å²) in [5, 5.41) is 0. The predicted octanol–water partition coefficient (Wildman–Crippen LogP) is 2.77. The Morgan fingerprint density at radius 2 is 2.00 bits per heavy atom. The molecule has 0 spiro atoms. The summed E-state index contributed by atoms with van der Waals surface area (Å²) in [7, 11) is 0. The molecule has 16 heavy (non-hydrogen) atoms. The molecule has 0 saturated carbocycles. The van der Waals surface area contributed by atoms with Crippen molar-refractivity contribution in [3.8, 4) is 0 Å². The molecule has 1 heterocycles. The molecule has 1 aliphatic heterocycles. The van der Waals surface area contributed by atoms with Gasteiger partial charge in [-0.25, -0.2) is 0 Å². The van der Waals surface area contributed by atoms with Gasteiger partial charge in [0.2, 0.25) is 0 Å². The molecule has 1 aromatic rings. The normalized spacial score (nSPS) is 25.8. The zero-order valence-electron chi connectivity index (χ0n) is 10.3. The highest BCUT2D eigenvalue weighted by molar-refractivity contribution is 5.54. The smallest absolute Gasteiger partial charge is 0.0414 e. The number of nitrogens with zero attached hydrogens (tertiary/aromatic N) is 1. The van der Waals surface area contributed by atoms with E-state index in [1.54, 1.807) is 0 Å². The van der Waals surface area contributed by atoms with Crippen LogP contribution in [-0.4, -0.2) is 12.6 Å². The summed E-state index contributed by atoms with van der Waals surface area (Å²) < 4.78 is 0. The van der Waals surface area contributed by atoms with Crippen LogP contribution in [0.15, 0.2) is 24.3 Å². The van der Waals surface area contributed by atoms with Gasteiger partial charge in [0.05, 0.1) is 0 Å². The van der Waals surface area contributed by atoms with Crippen molar-refractivity contribution in [1.29, 1.82) is 0 Å². The minimum atomic E-state index is 0.633. The highest BCUT2D eigenvalue weighted by atomic mass is 15.2. The zero-order valence-corrected chi connectivity index (χ0v) is 10.3. The van der Waals surface area contributed by atoms with E-state index in [0.717, 1.165) is 12.5 Å². The lowest BCUT2D eigenvalue weighted by Crippen LogP contribution is -2.41.